The van der Waals surface area contributed by atoms with E-state index < -0.39 is 0 Å². The number of Topliss-reactive ketones (excluding diaryl/α,β-unsaturated/α-hetero) is 1. The third-order valence-electron chi connectivity index (χ3n) is 4.11. The van der Waals surface area contributed by atoms with Crippen molar-refractivity contribution in [1.82, 2.24) is 4.90 Å². The zero-order valence-electron chi connectivity index (χ0n) is 12.1. The molecule has 0 N–H and O–H groups in total. The second kappa shape index (κ2) is 6.90. The van der Waals surface area contributed by atoms with Gasteiger partial charge >= 0.3 is 0 Å². The first-order valence-electron chi connectivity index (χ1n) is 7.42. The molecule has 0 radical (unpaired) electrons. The maximum absolute atomic E-state index is 12.0. The molecular formula is C16H25NO2. The molecule has 1 aromatic rings. The number of carbonyl (C=O) groups is 1. The number of hydrogen-bond donors (Lipinski definition) is 0. The number of ketones is 1. The van der Waals surface area contributed by atoms with Gasteiger partial charge in [0.2, 0.25) is 0 Å². The van der Waals surface area contributed by atoms with Gasteiger partial charge in [-0.15, -0.1) is 0 Å². The molecule has 2 atom stereocenters. The zero-order valence-corrected chi connectivity index (χ0v) is 12.1. The van der Waals surface area contributed by atoms with Crippen LogP contribution in [0.15, 0.2) is 22.8 Å². The monoisotopic (exact) mass is 263 g/mol. The van der Waals surface area contributed by atoms with E-state index in [-0.39, 0.29) is 5.92 Å². The van der Waals surface area contributed by atoms with Crippen molar-refractivity contribution in [1.29, 1.82) is 0 Å². The van der Waals surface area contributed by atoms with Gasteiger partial charge in [0.25, 0.3) is 0 Å². The maximum Gasteiger partial charge on any atom is 0.137 e. The van der Waals surface area contributed by atoms with Gasteiger partial charge in [0, 0.05) is 18.9 Å². The number of hydrogen-bond acceptors (Lipinski definition) is 3. The van der Waals surface area contributed by atoms with E-state index in [1.54, 1.807) is 6.26 Å². The van der Waals surface area contributed by atoms with E-state index in [4.69, 9.17) is 4.42 Å². The van der Waals surface area contributed by atoms with Crippen LogP contribution in [-0.2, 0) is 11.3 Å². The van der Waals surface area contributed by atoms with Crippen molar-refractivity contribution in [2.45, 2.75) is 45.6 Å². The van der Waals surface area contributed by atoms with Gasteiger partial charge in [-0.05, 0) is 37.9 Å². The first kappa shape index (κ1) is 14.3. The van der Waals surface area contributed by atoms with Crippen molar-refractivity contribution in [3.8, 4) is 0 Å². The predicted octanol–water partition coefficient (Wildman–Crippen LogP) is 3.50. The number of furan rings is 1. The highest BCUT2D eigenvalue weighted by Crippen LogP contribution is 2.30. The van der Waals surface area contributed by atoms with Crippen LogP contribution in [0.1, 0.15) is 44.8 Å². The molecule has 0 aromatic carbocycles. The summed E-state index contributed by atoms with van der Waals surface area (Å²) in [6.45, 7) is 3.88. The Bertz CT molecular complexity index is 385. The molecule has 1 saturated carbocycles. The van der Waals surface area contributed by atoms with Crippen LogP contribution in [0, 0.1) is 11.8 Å². The quantitative estimate of drug-likeness (QED) is 0.787. The van der Waals surface area contributed by atoms with Crippen LogP contribution in [0.2, 0.25) is 0 Å². The molecule has 0 aliphatic heterocycles. The average molecular weight is 263 g/mol. The van der Waals surface area contributed by atoms with Crippen molar-refractivity contribution >= 4 is 5.78 Å². The Labute approximate surface area is 116 Å². The average Bonchev–Trinajstić information content (AvgIpc) is 2.86. The summed E-state index contributed by atoms with van der Waals surface area (Å²) in [5.41, 5.74) is 0. The molecule has 1 fully saturated rings. The molecular weight excluding hydrogens is 238 g/mol. The topological polar surface area (TPSA) is 33.5 Å². The molecule has 0 bridgehead atoms. The second-order valence-corrected chi connectivity index (χ2v) is 5.87. The summed E-state index contributed by atoms with van der Waals surface area (Å²) < 4.78 is 5.35. The Hall–Kier alpha value is -1.09. The highest BCUT2D eigenvalue weighted by Gasteiger charge is 2.28. The minimum absolute atomic E-state index is 0.227. The smallest absolute Gasteiger partial charge is 0.137 e. The van der Waals surface area contributed by atoms with E-state index in [1.807, 2.05) is 12.1 Å². The molecule has 2 rings (SSSR count). The number of carbonyl (C=O) groups excluding carboxylic acids is 1. The SMILES string of the molecule is CCCC1CCC(=O)C(CN(C)Cc2ccco2)C1. The standard InChI is InChI=1S/C16H25NO2/c1-3-5-13-7-8-16(18)14(10-13)11-17(2)12-15-6-4-9-19-15/h4,6,9,13-14H,3,5,7-8,10-12H2,1-2H3. The highest BCUT2D eigenvalue weighted by molar-refractivity contribution is 5.81. The normalized spacial score (nSPS) is 24.1. The Morgan fingerprint density at radius 2 is 2.32 bits per heavy atom. The van der Waals surface area contributed by atoms with E-state index in [0.29, 0.717) is 5.78 Å². The van der Waals surface area contributed by atoms with Crippen LogP contribution < -0.4 is 0 Å². The summed E-state index contributed by atoms with van der Waals surface area (Å²) in [5, 5.41) is 0. The molecule has 3 heteroatoms. The van der Waals surface area contributed by atoms with Crippen LogP contribution in [0.5, 0.6) is 0 Å². The molecule has 3 nitrogen and oxygen atoms in total. The zero-order chi connectivity index (χ0) is 13.7. The Kier molecular flexibility index (Phi) is 5.20. The molecule has 1 heterocycles. The van der Waals surface area contributed by atoms with Crippen LogP contribution >= 0.6 is 0 Å². The van der Waals surface area contributed by atoms with Crippen LogP contribution in [0.3, 0.4) is 0 Å². The van der Waals surface area contributed by atoms with Gasteiger partial charge in [0.05, 0.1) is 12.8 Å². The molecule has 19 heavy (non-hydrogen) atoms. The minimum atomic E-state index is 0.227. The van der Waals surface area contributed by atoms with Crippen molar-refractivity contribution in [2.75, 3.05) is 13.6 Å². The third-order valence-corrected chi connectivity index (χ3v) is 4.11. The lowest BCUT2D eigenvalue weighted by atomic mass is 9.78. The number of nitrogens with zero attached hydrogens (tertiary/aromatic N) is 1. The van der Waals surface area contributed by atoms with Gasteiger partial charge in [-0.3, -0.25) is 9.69 Å². The summed E-state index contributed by atoms with van der Waals surface area (Å²) in [6, 6.07) is 3.89. The van der Waals surface area contributed by atoms with Crippen molar-refractivity contribution in [3.05, 3.63) is 24.2 Å². The lowest BCUT2D eigenvalue weighted by molar-refractivity contribution is -0.126. The van der Waals surface area contributed by atoms with Gasteiger partial charge in [-0.25, -0.2) is 0 Å². The first-order valence-corrected chi connectivity index (χ1v) is 7.42. The molecule has 0 spiro atoms. The third kappa shape index (κ3) is 4.20. The lowest BCUT2D eigenvalue weighted by Crippen LogP contribution is -2.34. The minimum Gasteiger partial charge on any atom is -0.468 e. The Balaban J connectivity index is 1.83. The summed E-state index contributed by atoms with van der Waals surface area (Å²) in [6.07, 6.45) is 7.16. The van der Waals surface area contributed by atoms with Crippen LogP contribution in [-0.4, -0.2) is 24.3 Å². The van der Waals surface area contributed by atoms with Crippen molar-refractivity contribution in [2.24, 2.45) is 11.8 Å². The molecule has 1 aromatic heterocycles. The van der Waals surface area contributed by atoms with Gasteiger partial charge in [0.15, 0.2) is 0 Å². The Morgan fingerprint density at radius 1 is 1.47 bits per heavy atom. The summed E-state index contributed by atoms with van der Waals surface area (Å²) >= 11 is 0. The van der Waals surface area contributed by atoms with E-state index in [0.717, 1.165) is 44.0 Å². The van der Waals surface area contributed by atoms with E-state index in [1.165, 1.54) is 12.8 Å². The summed E-state index contributed by atoms with van der Waals surface area (Å²) in [5.74, 6) is 2.41. The summed E-state index contributed by atoms with van der Waals surface area (Å²) in [7, 11) is 2.07. The van der Waals surface area contributed by atoms with E-state index in [2.05, 4.69) is 18.9 Å². The highest BCUT2D eigenvalue weighted by atomic mass is 16.3. The van der Waals surface area contributed by atoms with Gasteiger partial charge < -0.3 is 4.42 Å². The van der Waals surface area contributed by atoms with E-state index >= 15 is 0 Å². The van der Waals surface area contributed by atoms with Gasteiger partial charge in [-0.1, -0.05) is 19.8 Å². The van der Waals surface area contributed by atoms with Gasteiger partial charge in [0.1, 0.15) is 11.5 Å². The molecule has 0 amide bonds. The van der Waals surface area contributed by atoms with Crippen molar-refractivity contribution < 1.29 is 9.21 Å². The Morgan fingerprint density at radius 3 is 3.00 bits per heavy atom. The fourth-order valence-corrected chi connectivity index (χ4v) is 3.16. The molecule has 1 aliphatic carbocycles. The maximum atomic E-state index is 12.0. The fourth-order valence-electron chi connectivity index (χ4n) is 3.16. The molecule has 1 aliphatic rings. The first-order chi connectivity index (χ1) is 9.19. The van der Waals surface area contributed by atoms with Crippen LogP contribution in [0.4, 0.5) is 0 Å². The largest absolute Gasteiger partial charge is 0.468 e. The fraction of sp³-hybridized carbons (Fsp3) is 0.688. The lowest BCUT2D eigenvalue weighted by Gasteiger charge is -2.30. The summed E-state index contributed by atoms with van der Waals surface area (Å²) in [4.78, 5) is 14.2. The predicted molar refractivity (Wildman–Crippen MR) is 75.8 cm³/mol. The van der Waals surface area contributed by atoms with E-state index in [9.17, 15) is 4.79 Å². The van der Waals surface area contributed by atoms with Crippen molar-refractivity contribution in [3.63, 3.8) is 0 Å². The molecule has 2 unspecified atom stereocenters. The van der Waals surface area contributed by atoms with Gasteiger partial charge in [-0.2, -0.15) is 0 Å². The molecule has 0 saturated heterocycles. The number of rotatable bonds is 6. The molecule has 106 valence electrons. The van der Waals surface area contributed by atoms with Crippen LogP contribution in [0.25, 0.3) is 0 Å². The second-order valence-electron chi connectivity index (χ2n) is 5.87.